The fourth-order valence-corrected chi connectivity index (χ4v) is 2.25. The van der Waals surface area contributed by atoms with Gasteiger partial charge in [-0.1, -0.05) is 19.1 Å². The van der Waals surface area contributed by atoms with Crippen LogP contribution < -0.4 is 15.4 Å². The Morgan fingerprint density at radius 1 is 1.43 bits per heavy atom. The molecule has 1 aliphatic heterocycles. The Hall–Kier alpha value is -1.75. The van der Waals surface area contributed by atoms with E-state index in [9.17, 15) is 4.79 Å². The average molecular weight is 292 g/mol. The summed E-state index contributed by atoms with van der Waals surface area (Å²) in [7, 11) is 0. The van der Waals surface area contributed by atoms with E-state index in [0.29, 0.717) is 19.2 Å². The molecule has 0 aliphatic carbocycles. The maximum atomic E-state index is 10.9. The van der Waals surface area contributed by atoms with Crippen molar-refractivity contribution >= 4 is 6.09 Å². The first-order valence-corrected chi connectivity index (χ1v) is 7.57. The smallest absolute Gasteiger partial charge is 0.407 e. The largest absolute Gasteiger partial charge is 0.490 e. The molecule has 2 rings (SSSR count). The second-order valence-electron chi connectivity index (χ2n) is 5.42. The summed E-state index contributed by atoms with van der Waals surface area (Å²) in [5.41, 5.74) is 1.28. The molecular formula is C16H24N2O3. The molecule has 2 unspecified atom stereocenters. The number of nitrogens with one attached hydrogen (secondary N) is 2. The van der Waals surface area contributed by atoms with E-state index >= 15 is 0 Å². The highest BCUT2D eigenvalue weighted by Crippen LogP contribution is 2.14. The number of rotatable bonds is 8. The second kappa shape index (κ2) is 7.88. The summed E-state index contributed by atoms with van der Waals surface area (Å²) in [6.07, 6.45) is 1.59. The van der Waals surface area contributed by atoms with Crippen LogP contribution in [-0.4, -0.2) is 37.9 Å². The number of hydrogen-bond donors (Lipinski definition) is 2. The topological polar surface area (TPSA) is 59.6 Å². The van der Waals surface area contributed by atoms with Gasteiger partial charge in [0.25, 0.3) is 0 Å². The van der Waals surface area contributed by atoms with Crippen LogP contribution in [0.3, 0.4) is 0 Å². The van der Waals surface area contributed by atoms with Gasteiger partial charge >= 0.3 is 6.09 Å². The maximum Gasteiger partial charge on any atom is 0.407 e. The highest BCUT2D eigenvalue weighted by Gasteiger charge is 2.22. The van der Waals surface area contributed by atoms with Crippen LogP contribution in [0, 0.1) is 0 Å². The van der Waals surface area contributed by atoms with Crippen molar-refractivity contribution in [2.75, 3.05) is 19.7 Å². The van der Waals surface area contributed by atoms with E-state index in [1.807, 2.05) is 12.1 Å². The molecule has 0 bridgehead atoms. The fourth-order valence-electron chi connectivity index (χ4n) is 2.25. The van der Waals surface area contributed by atoms with Crippen LogP contribution >= 0.6 is 0 Å². The van der Waals surface area contributed by atoms with E-state index in [4.69, 9.17) is 9.47 Å². The number of cyclic esters (lactones) is 1. The lowest BCUT2D eigenvalue weighted by atomic mass is 10.1. The Morgan fingerprint density at radius 3 is 2.81 bits per heavy atom. The van der Waals surface area contributed by atoms with Gasteiger partial charge in [-0.15, -0.1) is 0 Å². The molecule has 5 heteroatoms. The molecule has 21 heavy (non-hydrogen) atoms. The van der Waals surface area contributed by atoms with E-state index in [-0.39, 0.29) is 12.2 Å². The quantitative estimate of drug-likeness (QED) is 0.770. The van der Waals surface area contributed by atoms with Crippen molar-refractivity contribution in [1.82, 2.24) is 10.6 Å². The minimum atomic E-state index is -0.368. The number of ether oxygens (including phenoxy) is 2. The van der Waals surface area contributed by atoms with Crippen LogP contribution in [0.15, 0.2) is 24.3 Å². The monoisotopic (exact) mass is 292 g/mol. The number of amides is 1. The van der Waals surface area contributed by atoms with E-state index in [1.54, 1.807) is 0 Å². The highest BCUT2D eigenvalue weighted by atomic mass is 16.6. The summed E-state index contributed by atoms with van der Waals surface area (Å²) in [4.78, 5) is 10.9. The standard InChI is InChI=1S/C16H24N2O3/c1-3-8-17-12(2)9-13-4-6-14(7-5-13)20-11-15-10-18-16(19)21-15/h4-7,12,15,17H,3,8-11H2,1-2H3,(H,18,19). The third-order valence-electron chi connectivity index (χ3n) is 3.39. The summed E-state index contributed by atoms with van der Waals surface area (Å²) in [5, 5.41) is 6.08. The molecule has 2 N–H and O–H groups in total. The summed E-state index contributed by atoms with van der Waals surface area (Å²) < 4.78 is 10.6. The van der Waals surface area contributed by atoms with Gasteiger partial charge in [0.05, 0.1) is 6.54 Å². The molecule has 1 aromatic rings. The van der Waals surface area contributed by atoms with Gasteiger partial charge in [-0.25, -0.2) is 4.79 Å². The zero-order chi connectivity index (χ0) is 15.1. The summed E-state index contributed by atoms with van der Waals surface area (Å²) >= 11 is 0. The molecule has 0 saturated carbocycles. The maximum absolute atomic E-state index is 10.9. The normalized spacial score (nSPS) is 19.0. The summed E-state index contributed by atoms with van der Waals surface area (Å²) in [6, 6.07) is 8.57. The van der Waals surface area contributed by atoms with Gasteiger partial charge in [0.15, 0.2) is 6.10 Å². The van der Waals surface area contributed by atoms with Crippen molar-refractivity contribution in [2.45, 2.75) is 38.8 Å². The van der Waals surface area contributed by atoms with Gasteiger partial charge in [0.2, 0.25) is 0 Å². The highest BCUT2D eigenvalue weighted by molar-refractivity contribution is 5.69. The minimum Gasteiger partial charge on any atom is -0.490 e. The molecule has 0 aromatic heterocycles. The molecule has 1 amide bonds. The van der Waals surface area contributed by atoms with Crippen LogP contribution in [0.5, 0.6) is 5.75 Å². The predicted molar refractivity (Wildman–Crippen MR) is 81.7 cm³/mol. The van der Waals surface area contributed by atoms with Gasteiger partial charge in [-0.2, -0.15) is 0 Å². The number of carbonyl (C=O) groups is 1. The predicted octanol–water partition coefficient (Wildman–Crippen LogP) is 2.10. The molecule has 1 aromatic carbocycles. The first kappa shape index (κ1) is 15.6. The summed E-state index contributed by atoms with van der Waals surface area (Å²) in [5.74, 6) is 0.802. The van der Waals surface area contributed by atoms with Crippen molar-refractivity contribution in [3.8, 4) is 5.75 Å². The molecule has 2 atom stereocenters. The van der Waals surface area contributed by atoms with Crippen LogP contribution in [0.1, 0.15) is 25.8 Å². The lowest BCUT2D eigenvalue weighted by Crippen LogP contribution is -2.28. The van der Waals surface area contributed by atoms with E-state index in [0.717, 1.165) is 25.1 Å². The number of carbonyl (C=O) groups excluding carboxylic acids is 1. The van der Waals surface area contributed by atoms with Crippen molar-refractivity contribution in [2.24, 2.45) is 0 Å². The van der Waals surface area contributed by atoms with Gasteiger partial charge in [-0.05, 0) is 44.0 Å². The van der Waals surface area contributed by atoms with Gasteiger partial charge in [0, 0.05) is 6.04 Å². The number of hydrogen-bond acceptors (Lipinski definition) is 4. The summed E-state index contributed by atoms with van der Waals surface area (Å²) in [6.45, 7) is 6.31. The molecule has 1 heterocycles. The first-order valence-electron chi connectivity index (χ1n) is 7.57. The molecule has 116 valence electrons. The van der Waals surface area contributed by atoms with Crippen molar-refractivity contribution < 1.29 is 14.3 Å². The lowest BCUT2D eigenvalue weighted by molar-refractivity contribution is 0.105. The molecule has 5 nitrogen and oxygen atoms in total. The Balaban J connectivity index is 1.75. The molecule has 1 aliphatic rings. The number of alkyl carbamates (subject to hydrolysis) is 1. The Bertz CT molecular complexity index is 447. The third kappa shape index (κ3) is 5.27. The first-order chi connectivity index (χ1) is 10.2. The SMILES string of the molecule is CCCNC(C)Cc1ccc(OCC2CNC(=O)O2)cc1. The van der Waals surface area contributed by atoms with Gasteiger partial charge in [-0.3, -0.25) is 0 Å². The molecule has 1 fully saturated rings. The molecular weight excluding hydrogens is 268 g/mol. The van der Waals surface area contributed by atoms with Gasteiger partial charge in [0.1, 0.15) is 12.4 Å². The van der Waals surface area contributed by atoms with Crippen LogP contribution in [0.25, 0.3) is 0 Å². The second-order valence-corrected chi connectivity index (χ2v) is 5.42. The van der Waals surface area contributed by atoms with Gasteiger partial charge < -0.3 is 20.1 Å². The van der Waals surface area contributed by atoms with Crippen molar-refractivity contribution in [3.63, 3.8) is 0 Å². The third-order valence-corrected chi connectivity index (χ3v) is 3.39. The fraction of sp³-hybridized carbons (Fsp3) is 0.562. The Labute approximate surface area is 126 Å². The van der Waals surface area contributed by atoms with Crippen molar-refractivity contribution in [3.05, 3.63) is 29.8 Å². The van der Waals surface area contributed by atoms with E-state index in [2.05, 4.69) is 36.6 Å². The zero-order valence-electron chi connectivity index (χ0n) is 12.7. The Morgan fingerprint density at radius 2 is 2.19 bits per heavy atom. The molecule has 0 radical (unpaired) electrons. The zero-order valence-corrected chi connectivity index (χ0v) is 12.7. The molecule has 0 spiro atoms. The van der Waals surface area contributed by atoms with Crippen LogP contribution in [0.2, 0.25) is 0 Å². The van der Waals surface area contributed by atoms with Crippen LogP contribution in [0.4, 0.5) is 4.79 Å². The number of benzene rings is 1. The minimum absolute atomic E-state index is 0.199. The molecule has 1 saturated heterocycles. The Kier molecular flexibility index (Phi) is 5.87. The lowest BCUT2D eigenvalue weighted by Gasteiger charge is -2.14. The van der Waals surface area contributed by atoms with E-state index < -0.39 is 0 Å². The average Bonchev–Trinajstić information content (AvgIpc) is 2.90. The van der Waals surface area contributed by atoms with Crippen molar-refractivity contribution in [1.29, 1.82) is 0 Å². The van der Waals surface area contributed by atoms with E-state index in [1.165, 1.54) is 5.56 Å². The van der Waals surface area contributed by atoms with Crippen LogP contribution in [-0.2, 0) is 11.2 Å².